The first kappa shape index (κ1) is 13.2. The quantitative estimate of drug-likeness (QED) is 0.585. The van der Waals surface area contributed by atoms with Gasteiger partial charge in [0, 0.05) is 11.4 Å². The molecule has 2 nitrogen and oxygen atoms in total. The summed E-state index contributed by atoms with van der Waals surface area (Å²) in [6, 6.07) is 7.55. The van der Waals surface area contributed by atoms with E-state index in [0.717, 1.165) is 29.7 Å². The van der Waals surface area contributed by atoms with Crippen molar-refractivity contribution in [3.8, 4) is 5.75 Å². The number of rotatable bonds is 7. The van der Waals surface area contributed by atoms with Crippen molar-refractivity contribution in [2.75, 3.05) is 23.8 Å². The highest BCUT2D eigenvalue weighted by molar-refractivity contribution is 7.99. The van der Waals surface area contributed by atoms with Gasteiger partial charge in [-0.05, 0) is 35.9 Å². The van der Waals surface area contributed by atoms with Crippen molar-refractivity contribution in [3.05, 3.63) is 24.3 Å². The molecular weight excluding hydrogens is 218 g/mol. The summed E-state index contributed by atoms with van der Waals surface area (Å²) in [4.78, 5) is 0. The highest BCUT2D eigenvalue weighted by Gasteiger charge is 1.98. The molecule has 1 rings (SSSR count). The molecule has 0 fully saturated rings. The van der Waals surface area contributed by atoms with Gasteiger partial charge in [-0.2, -0.15) is 11.8 Å². The first-order valence-corrected chi connectivity index (χ1v) is 6.94. The Morgan fingerprint density at radius 1 is 1.31 bits per heavy atom. The van der Waals surface area contributed by atoms with Crippen LogP contribution in [0.25, 0.3) is 0 Å². The molecule has 0 aliphatic rings. The van der Waals surface area contributed by atoms with E-state index in [1.165, 1.54) is 12.2 Å². The Bertz CT molecular complexity index is 286. The van der Waals surface area contributed by atoms with Gasteiger partial charge in [0.2, 0.25) is 0 Å². The topological polar surface area (TPSA) is 35.2 Å². The molecule has 3 heteroatoms. The highest BCUT2D eigenvalue weighted by Crippen LogP contribution is 2.14. The smallest absolute Gasteiger partial charge is 0.119 e. The molecule has 0 radical (unpaired) electrons. The largest absolute Gasteiger partial charge is 0.493 e. The Morgan fingerprint density at radius 2 is 2.00 bits per heavy atom. The zero-order chi connectivity index (χ0) is 11.8. The number of benzene rings is 1. The third kappa shape index (κ3) is 5.31. The zero-order valence-corrected chi connectivity index (χ0v) is 10.9. The second-order valence-corrected chi connectivity index (χ2v) is 5.16. The number of nitrogens with two attached hydrogens (primary N) is 1. The van der Waals surface area contributed by atoms with Crippen LogP contribution in [0.3, 0.4) is 0 Å². The lowest BCUT2D eigenvalue weighted by Crippen LogP contribution is -2.03. The van der Waals surface area contributed by atoms with E-state index >= 15 is 0 Å². The van der Waals surface area contributed by atoms with Gasteiger partial charge in [0.15, 0.2) is 0 Å². The molecule has 0 aliphatic heterocycles. The Labute approximate surface area is 103 Å². The predicted octanol–water partition coefficient (Wildman–Crippen LogP) is 3.43. The van der Waals surface area contributed by atoms with Crippen LogP contribution in [0, 0.1) is 5.92 Å². The van der Waals surface area contributed by atoms with E-state index in [2.05, 4.69) is 13.8 Å². The van der Waals surface area contributed by atoms with E-state index < -0.39 is 0 Å². The van der Waals surface area contributed by atoms with Crippen molar-refractivity contribution in [2.24, 2.45) is 5.92 Å². The summed E-state index contributed by atoms with van der Waals surface area (Å²) in [5.41, 5.74) is 6.37. The predicted molar refractivity (Wildman–Crippen MR) is 73.1 cm³/mol. The number of hydrogen-bond donors (Lipinski definition) is 1. The van der Waals surface area contributed by atoms with Gasteiger partial charge in [-0.25, -0.2) is 0 Å². The standard InChI is InChI=1S/C13H21NOS/c1-3-11(2)10-16-9-8-15-13-6-4-12(14)5-7-13/h4-7,11H,3,8-10,14H2,1-2H3. The first-order valence-electron chi connectivity index (χ1n) is 5.78. The van der Waals surface area contributed by atoms with Gasteiger partial charge in [0.05, 0.1) is 6.61 Å². The van der Waals surface area contributed by atoms with E-state index in [0.29, 0.717) is 0 Å². The molecule has 0 saturated heterocycles. The molecular formula is C13H21NOS. The van der Waals surface area contributed by atoms with Gasteiger partial charge < -0.3 is 10.5 Å². The Hall–Kier alpha value is -0.830. The average Bonchev–Trinajstić information content (AvgIpc) is 2.31. The third-order valence-corrected chi connectivity index (χ3v) is 3.74. The molecule has 16 heavy (non-hydrogen) atoms. The summed E-state index contributed by atoms with van der Waals surface area (Å²) in [5.74, 6) is 3.98. The molecule has 0 aliphatic carbocycles. The monoisotopic (exact) mass is 239 g/mol. The Balaban J connectivity index is 2.09. The third-order valence-electron chi connectivity index (χ3n) is 2.48. The van der Waals surface area contributed by atoms with E-state index in [1.54, 1.807) is 0 Å². The van der Waals surface area contributed by atoms with Gasteiger partial charge in [0.25, 0.3) is 0 Å². The molecule has 0 aromatic heterocycles. The fraction of sp³-hybridized carbons (Fsp3) is 0.538. The van der Waals surface area contributed by atoms with Crippen molar-refractivity contribution >= 4 is 17.4 Å². The lowest BCUT2D eigenvalue weighted by molar-refractivity contribution is 0.344. The SMILES string of the molecule is CCC(C)CSCCOc1ccc(N)cc1. The second kappa shape index (κ2) is 7.44. The zero-order valence-electron chi connectivity index (χ0n) is 10.1. The van der Waals surface area contributed by atoms with Crippen LogP contribution < -0.4 is 10.5 Å². The van der Waals surface area contributed by atoms with Crippen molar-refractivity contribution in [3.63, 3.8) is 0 Å². The maximum atomic E-state index is 5.60. The minimum atomic E-state index is 0.769. The van der Waals surface area contributed by atoms with Crippen LogP contribution in [0.15, 0.2) is 24.3 Å². The molecule has 2 N–H and O–H groups in total. The molecule has 90 valence electrons. The van der Waals surface area contributed by atoms with Gasteiger partial charge >= 0.3 is 0 Å². The van der Waals surface area contributed by atoms with Gasteiger partial charge in [-0.15, -0.1) is 0 Å². The number of nitrogen functional groups attached to an aromatic ring is 1. The van der Waals surface area contributed by atoms with Crippen molar-refractivity contribution < 1.29 is 4.74 Å². The fourth-order valence-electron chi connectivity index (χ4n) is 1.18. The van der Waals surface area contributed by atoms with Crippen LogP contribution in [0.2, 0.25) is 0 Å². The van der Waals surface area contributed by atoms with Crippen molar-refractivity contribution in [1.29, 1.82) is 0 Å². The summed E-state index contributed by atoms with van der Waals surface area (Å²) < 4.78 is 5.60. The van der Waals surface area contributed by atoms with E-state index in [1.807, 2.05) is 36.0 Å². The lowest BCUT2D eigenvalue weighted by Gasteiger charge is -2.09. The number of thioether (sulfide) groups is 1. The molecule has 0 heterocycles. The van der Waals surface area contributed by atoms with Crippen LogP contribution in [-0.2, 0) is 0 Å². The minimum absolute atomic E-state index is 0.769. The fourth-order valence-corrected chi connectivity index (χ4v) is 2.19. The maximum Gasteiger partial charge on any atom is 0.119 e. The molecule has 1 aromatic carbocycles. The van der Waals surface area contributed by atoms with Crippen LogP contribution in [-0.4, -0.2) is 18.1 Å². The molecule has 0 amide bonds. The summed E-state index contributed by atoms with van der Waals surface area (Å²) in [6.45, 7) is 5.29. The van der Waals surface area contributed by atoms with Gasteiger partial charge in [-0.3, -0.25) is 0 Å². The number of anilines is 1. The normalized spacial score (nSPS) is 12.4. The van der Waals surface area contributed by atoms with E-state index in [9.17, 15) is 0 Å². The average molecular weight is 239 g/mol. The highest BCUT2D eigenvalue weighted by atomic mass is 32.2. The summed E-state index contributed by atoms with van der Waals surface area (Å²) >= 11 is 1.96. The summed E-state index contributed by atoms with van der Waals surface area (Å²) in [6.07, 6.45) is 1.26. The van der Waals surface area contributed by atoms with Crippen LogP contribution in [0.5, 0.6) is 5.75 Å². The molecule has 1 unspecified atom stereocenters. The van der Waals surface area contributed by atoms with Crippen molar-refractivity contribution in [1.82, 2.24) is 0 Å². The second-order valence-electron chi connectivity index (χ2n) is 4.01. The Kier molecular flexibility index (Phi) is 6.16. The molecule has 0 spiro atoms. The van der Waals surface area contributed by atoms with Gasteiger partial charge in [0.1, 0.15) is 5.75 Å². The lowest BCUT2D eigenvalue weighted by atomic mass is 10.2. The van der Waals surface area contributed by atoms with Gasteiger partial charge in [-0.1, -0.05) is 20.3 Å². The molecule has 1 atom stereocenters. The molecule has 0 saturated carbocycles. The minimum Gasteiger partial charge on any atom is -0.493 e. The summed E-state index contributed by atoms with van der Waals surface area (Å²) in [7, 11) is 0. The Morgan fingerprint density at radius 3 is 2.62 bits per heavy atom. The number of ether oxygens (including phenoxy) is 1. The molecule has 0 bridgehead atoms. The maximum absolute atomic E-state index is 5.60. The number of hydrogen-bond acceptors (Lipinski definition) is 3. The first-order chi connectivity index (χ1) is 7.72. The van der Waals surface area contributed by atoms with Crippen molar-refractivity contribution in [2.45, 2.75) is 20.3 Å². The van der Waals surface area contributed by atoms with E-state index in [4.69, 9.17) is 10.5 Å². The van der Waals surface area contributed by atoms with Crippen LogP contribution >= 0.6 is 11.8 Å². The summed E-state index contributed by atoms with van der Waals surface area (Å²) in [5, 5.41) is 0. The van der Waals surface area contributed by atoms with Crippen LogP contribution in [0.1, 0.15) is 20.3 Å². The van der Waals surface area contributed by atoms with Crippen LogP contribution in [0.4, 0.5) is 5.69 Å². The molecule has 1 aromatic rings. The van der Waals surface area contributed by atoms with E-state index in [-0.39, 0.29) is 0 Å².